The van der Waals surface area contributed by atoms with Gasteiger partial charge in [0.05, 0.1) is 5.02 Å². The van der Waals surface area contributed by atoms with E-state index in [0.717, 1.165) is 5.56 Å². The quantitative estimate of drug-likeness (QED) is 0.881. The summed E-state index contributed by atoms with van der Waals surface area (Å²) < 4.78 is 13.5. The molecular weight excluding hydrogens is 252 g/mol. The second-order valence-corrected chi connectivity index (χ2v) is 3.94. The molecule has 1 aromatic carbocycles. The number of hydrogen-bond donors (Lipinski definition) is 2. The van der Waals surface area contributed by atoms with Crippen LogP contribution < -0.4 is 5.73 Å². The Bertz CT molecular complexity index is 347. The average molecular weight is 268 g/mol. The van der Waals surface area contributed by atoms with Crippen LogP contribution in [0.5, 0.6) is 0 Å². The Balaban J connectivity index is 0.00000225. The van der Waals surface area contributed by atoms with Gasteiger partial charge < -0.3 is 10.8 Å². The molecule has 0 amide bonds. The van der Waals surface area contributed by atoms with Crippen molar-refractivity contribution in [2.24, 2.45) is 5.73 Å². The highest BCUT2D eigenvalue weighted by Gasteiger charge is 2.16. The molecule has 0 saturated carbocycles. The normalized spacial score (nSPS) is 12.1. The first-order valence-electron chi connectivity index (χ1n) is 4.89. The predicted molar refractivity (Wildman–Crippen MR) is 66.6 cm³/mol. The van der Waals surface area contributed by atoms with Crippen molar-refractivity contribution in [3.63, 3.8) is 0 Å². The molecule has 0 heterocycles. The van der Waals surface area contributed by atoms with Crippen molar-refractivity contribution in [3.05, 3.63) is 34.1 Å². The third kappa shape index (κ3) is 3.59. The molecule has 0 aliphatic rings. The fourth-order valence-electron chi connectivity index (χ4n) is 1.47. The monoisotopic (exact) mass is 267 g/mol. The van der Waals surface area contributed by atoms with Crippen LogP contribution in [0.4, 0.5) is 4.39 Å². The number of benzene rings is 1. The number of aliphatic hydroxyl groups excluding tert-OH is 1. The average Bonchev–Trinajstić information content (AvgIpc) is 2.21. The van der Waals surface area contributed by atoms with Crippen molar-refractivity contribution in [1.29, 1.82) is 0 Å². The van der Waals surface area contributed by atoms with Gasteiger partial charge in [-0.15, -0.1) is 12.4 Å². The fourth-order valence-corrected chi connectivity index (χ4v) is 1.77. The van der Waals surface area contributed by atoms with Gasteiger partial charge in [-0.1, -0.05) is 17.7 Å². The summed E-state index contributed by atoms with van der Waals surface area (Å²) in [5.74, 6) is -0.379. The van der Waals surface area contributed by atoms with Crippen molar-refractivity contribution >= 4 is 24.0 Å². The number of aryl methyl sites for hydroxylation is 1. The zero-order valence-electron chi connectivity index (χ0n) is 9.04. The third-order valence-corrected chi connectivity index (χ3v) is 2.87. The second kappa shape index (κ2) is 7.07. The molecule has 0 aromatic heterocycles. The molecule has 92 valence electrons. The molecule has 0 saturated heterocycles. The van der Waals surface area contributed by atoms with Crippen molar-refractivity contribution in [2.45, 2.75) is 25.8 Å². The van der Waals surface area contributed by atoms with E-state index >= 15 is 0 Å². The van der Waals surface area contributed by atoms with Crippen LogP contribution in [0.1, 0.15) is 30.0 Å². The van der Waals surface area contributed by atoms with Crippen LogP contribution in [0, 0.1) is 12.7 Å². The summed E-state index contributed by atoms with van der Waals surface area (Å²) in [5.41, 5.74) is 6.98. The lowest BCUT2D eigenvalue weighted by molar-refractivity contribution is 0.279. The number of aliphatic hydroxyl groups is 1. The van der Waals surface area contributed by atoms with Crippen molar-refractivity contribution in [2.75, 3.05) is 6.61 Å². The standard InChI is InChI=1S/C11H15ClFNO.ClH/c1-7-4-5-8(13)10(11(7)12)9(14)3-2-6-15;/h4-5,9,15H,2-3,6,14H2,1H3;1H/t9-;/m0./s1. The van der Waals surface area contributed by atoms with Gasteiger partial charge in [-0.2, -0.15) is 0 Å². The van der Waals surface area contributed by atoms with E-state index in [9.17, 15) is 4.39 Å². The van der Waals surface area contributed by atoms with E-state index in [2.05, 4.69) is 0 Å². The molecular formula is C11H16Cl2FNO. The highest BCUT2D eigenvalue weighted by molar-refractivity contribution is 6.32. The van der Waals surface area contributed by atoms with E-state index in [-0.39, 0.29) is 24.8 Å². The summed E-state index contributed by atoms with van der Waals surface area (Å²) in [6, 6.07) is 2.54. The Morgan fingerprint density at radius 3 is 2.69 bits per heavy atom. The number of rotatable bonds is 4. The fraction of sp³-hybridized carbons (Fsp3) is 0.455. The first kappa shape index (κ1) is 15.7. The summed E-state index contributed by atoms with van der Waals surface area (Å²) in [5, 5.41) is 9.06. The van der Waals surface area contributed by atoms with E-state index in [1.165, 1.54) is 6.07 Å². The molecule has 0 fully saturated rings. The maximum Gasteiger partial charge on any atom is 0.129 e. The molecule has 1 atom stereocenters. The van der Waals surface area contributed by atoms with Crippen LogP contribution in [0.15, 0.2) is 12.1 Å². The van der Waals surface area contributed by atoms with Crippen LogP contribution >= 0.6 is 24.0 Å². The first-order valence-corrected chi connectivity index (χ1v) is 5.26. The topological polar surface area (TPSA) is 46.2 Å². The molecule has 0 unspecified atom stereocenters. The Labute approximate surface area is 106 Å². The maximum absolute atomic E-state index is 13.5. The molecule has 5 heteroatoms. The second-order valence-electron chi connectivity index (χ2n) is 3.56. The zero-order chi connectivity index (χ0) is 11.4. The molecule has 3 N–H and O–H groups in total. The largest absolute Gasteiger partial charge is 0.396 e. The van der Waals surface area contributed by atoms with Crippen LogP contribution in [-0.4, -0.2) is 11.7 Å². The lowest BCUT2D eigenvalue weighted by Crippen LogP contribution is -2.13. The third-order valence-electron chi connectivity index (χ3n) is 2.36. The molecule has 0 aliphatic heterocycles. The van der Waals surface area contributed by atoms with E-state index in [1.807, 2.05) is 6.92 Å². The van der Waals surface area contributed by atoms with E-state index in [1.54, 1.807) is 6.07 Å². The Kier molecular flexibility index (Phi) is 6.91. The molecule has 0 radical (unpaired) electrons. The molecule has 1 aromatic rings. The lowest BCUT2D eigenvalue weighted by atomic mass is 10.0. The van der Waals surface area contributed by atoms with Gasteiger partial charge in [0.15, 0.2) is 0 Å². The van der Waals surface area contributed by atoms with Gasteiger partial charge >= 0.3 is 0 Å². The Hall–Kier alpha value is -0.350. The minimum absolute atomic E-state index is 0. The summed E-state index contributed by atoms with van der Waals surface area (Å²) in [4.78, 5) is 0. The smallest absolute Gasteiger partial charge is 0.129 e. The van der Waals surface area contributed by atoms with Gasteiger partial charge in [-0.25, -0.2) is 4.39 Å². The molecule has 0 bridgehead atoms. The number of hydrogen-bond acceptors (Lipinski definition) is 2. The highest BCUT2D eigenvalue weighted by atomic mass is 35.5. The minimum atomic E-state index is -0.454. The van der Waals surface area contributed by atoms with Gasteiger partial charge in [0.2, 0.25) is 0 Å². The lowest BCUT2D eigenvalue weighted by Gasteiger charge is -2.15. The molecule has 0 aliphatic carbocycles. The van der Waals surface area contributed by atoms with Gasteiger partial charge in [0.1, 0.15) is 5.82 Å². The molecule has 1 rings (SSSR count). The van der Waals surface area contributed by atoms with Crippen molar-refractivity contribution in [3.8, 4) is 0 Å². The SMILES string of the molecule is Cc1ccc(F)c([C@@H](N)CCCO)c1Cl.Cl. The zero-order valence-corrected chi connectivity index (χ0v) is 10.6. The summed E-state index contributed by atoms with van der Waals surface area (Å²) in [6.45, 7) is 1.86. The predicted octanol–water partition coefficient (Wildman–Crippen LogP) is 2.98. The molecule has 16 heavy (non-hydrogen) atoms. The van der Waals surface area contributed by atoms with Crippen LogP contribution in [0.25, 0.3) is 0 Å². The summed E-state index contributed by atoms with van der Waals surface area (Å²) >= 11 is 5.99. The Morgan fingerprint density at radius 2 is 2.12 bits per heavy atom. The Morgan fingerprint density at radius 1 is 1.50 bits per heavy atom. The molecule has 2 nitrogen and oxygen atoms in total. The minimum Gasteiger partial charge on any atom is -0.396 e. The van der Waals surface area contributed by atoms with Crippen LogP contribution in [0.3, 0.4) is 0 Å². The number of nitrogens with two attached hydrogens (primary N) is 1. The van der Waals surface area contributed by atoms with Gasteiger partial charge in [-0.05, 0) is 31.4 Å². The highest BCUT2D eigenvalue weighted by Crippen LogP contribution is 2.29. The van der Waals surface area contributed by atoms with E-state index < -0.39 is 6.04 Å². The van der Waals surface area contributed by atoms with Crippen molar-refractivity contribution in [1.82, 2.24) is 0 Å². The van der Waals surface area contributed by atoms with Crippen LogP contribution in [-0.2, 0) is 0 Å². The van der Waals surface area contributed by atoms with Gasteiger partial charge in [0, 0.05) is 18.2 Å². The van der Waals surface area contributed by atoms with Crippen molar-refractivity contribution < 1.29 is 9.50 Å². The van der Waals surface area contributed by atoms with E-state index in [0.29, 0.717) is 23.4 Å². The van der Waals surface area contributed by atoms with E-state index in [4.69, 9.17) is 22.4 Å². The van der Waals surface area contributed by atoms with Crippen LogP contribution in [0.2, 0.25) is 5.02 Å². The van der Waals surface area contributed by atoms with Gasteiger partial charge in [0.25, 0.3) is 0 Å². The number of halogens is 3. The first-order chi connectivity index (χ1) is 7.07. The maximum atomic E-state index is 13.5. The molecule has 0 spiro atoms. The summed E-state index contributed by atoms with van der Waals surface area (Å²) in [7, 11) is 0. The summed E-state index contributed by atoms with van der Waals surface area (Å²) in [6.07, 6.45) is 1.07. The van der Waals surface area contributed by atoms with Gasteiger partial charge in [-0.3, -0.25) is 0 Å².